The summed E-state index contributed by atoms with van der Waals surface area (Å²) < 4.78 is 38.9. The van der Waals surface area contributed by atoms with E-state index in [0.717, 1.165) is 11.3 Å². The third kappa shape index (κ3) is 5.16. The molecule has 170 valence electrons. The summed E-state index contributed by atoms with van der Waals surface area (Å²) in [7, 11) is -0.763. The molecule has 4 aromatic rings. The van der Waals surface area contributed by atoms with Gasteiger partial charge >= 0.3 is 6.03 Å². The molecule has 9 nitrogen and oxygen atoms in total. The number of rotatable bonds is 7. The number of fused-ring (bicyclic) bond motifs is 1. The Morgan fingerprint density at radius 1 is 0.909 bits per heavy atom. The van der Waals surface area contributed by atoms with Crippen LogP contribution in [-0.2, 0) is 10.0 Å². The lowest BCUT2D eigenvalue weighted by atomic mass is 10.2. The van der Waals surface area contributed by atoms with Crippen LogP contribution >= 0.6 is 11.3 Å². The number of nitrogens with zero attached hydrogens (tertiary/aromatic N) is 1. The first-order chi connectivity index (χ1) is 15.9. The molecular formula is C22H20N4O5S2. The van der Waals surface area contributed by atoms with Gasteiger partial charge < -0.3 is 20.1 Å². The summed E-state index contributed by atoms with van der Waals surface area (Å²) in [6, 6.07) is 17.8. The Balaban J connectivity index is 1.56. The Bertz CT molecular complexity index is 1410. The third-order valence-electron chi connectivity index (χ3n) is 4.54. The number of sulfonamides is 1. The third-order valence-corrected chi connectivity index (χ3v) is 6.94. The summed E-state index contributed by atoms with van der Waals surface area (Å²) in [4.78, 5) is 17.0. The van der Waals surface area contributed by atoms with Crippen LogP contribution in [0.4, 0.5) is 21.3 Å². The number of methoxy groups -OCH3 is 2. The van der Waals surface area contributed by atoms with Crippen molar-refractivity contribution < 1.29 is 22.7 Å². The zero-order chi connectivity index (χ0) is 23.4. The number of carbonyl (C=O) groups is 1. The molecule has 1 aromatic heterocycles. The van der Waals surface area contributed by atoms with Crippen molar-refractivity contribution in [2.75, 3.05) is 29.6 Å². The topological polar surface area (TPSA) is 119 Å². The van der Waals surface area contributed by atoms with Crippen LogP contribution < -0.4 is 24.8 Å². The van der Waals surface area contributed by atoms with Gasteiger partial charge in [-0.15, -0.1) is 0 Å². The van der Waals surface area contributed by atoms with Crippen molar-refractivity contribution in [2.45, 2.75) is 4.90 Å². The zero-order valence-electron chi connectivity index (χ0n) is 17.7. The van der Waals surface area contributed by atoms with Crippen LogP contribution in [0.5, 0.6) is 11.5 Å². The van der Waals surface area contributed by atoms with Crippen LogP contribution in [-0.4, -0.2) is 33.7 Å². The lowest BCUT2D eigenvalue weighted by molar-refractivity contribution is 0.262. The van der Waals surface area contributed by atoms with Gasteiger partial charge in [0, 0.05) is 23.5 Å². The number of nitrogens with one attached hydrogen (secondary N) is 3. The standard InChI is InChI=1S/C22H20N4O5S2/c1-30-16-8-6-7-14(11-16)23-21(27)24-15-12-18(31-2)20-19(13-15)32-22(25-20)26-33(28,29)17-9-4-3-5-10-17/h3-13H,1-2H3,(H,25,26)(H2,23,24,27). The fourth-order valence-electron chi connectivity index (χ4n) is 3.04. The monoisotopic (exact) mass is 484 g/mol. The second-order valence-electron chi connectivity index (χ2n) is 6.77. The van der Waals surface area contributed by atoms with E-state index in [-0.39, 0.29) is 10.0 Å². The Morgan fingerprint density at radius 2 is 1.67 bits per heavy atom. The minimum absolute atomic E-state index is 0.132. The number of hydrogen-bond acceptors (Lipinski definition) is 7. The minimum atomic E-state index is -3.78. The van der Waals surface area contributed by atoms with Crippen LogP contribution in [0.3, 0.4) is 0 Å². The zero-order valence-corrected chi connectivity index (χ0v) is 19.3. The summed E-state index contributed by atoms with van der Waals surface area (Å²) in [5.74, 6) is 1.01. The van der Waals surface area contributed by atoms with Gasteiger partial charge in [0.05, 0.1) is 23.8 Å². The van der Waals surface area contributed by atoms with E-state index in [2.05, 4.69) is 20.3 Å². The molecule has 0 saturated carbocycles. The van der Waals surface area contributed by atoms with Gasteiger partial charge in [0.15, 0.2) is 5.13 Å². The lowest BCUT2D eigenvalue weighted by Gasteiger charge is -2.10. The van der Waals surface area contributed by atoms with Crippen molar-refractivity contribution in [3.63, 3.8) is 0 Å². The van der Waals surface area contributed by atoms with Gasteiger partial charge in [-0.05, 0) is 30.3 Å². The summed E-state index contributed by atoms with van der Waals surface area (Å²) >= 11 is 1.13. The average molecular weight is 485 g/mol. The van der Waals surface area contributed by atoms with E-state index in [0.29, 0.717) is 33.1 Å². The average Bonchev–Trinajstić information content (AvgIpc) is 3.20. The van der Waals surface area contributed by atoms with Crippen LogP contribution in [0.25, 0.3) is 10.2 Å². The van der Waals surface area contributed by atoms with Gasteiger partial charge in [-0.3, -0.25) is 4.72 Å². The van der Waals surface area contributed by atoms with E-state index in [4.69, 9.17) is 9.47 Å². The smallest absolute Gasteiger partial charge is 0.323 e. The highest BCUT2D eigenvalue weighted by atomic mass is 32.2. The number of hydrogen-bond donors (Lipinski definition) is 3. The van der Waals surface area contributed by atoms with E-state index in [9.17, 15) is 13.2 Å². The number of aromatic nitrogens is 1. The number of anilines is 3. The molecule has 2 amide bonds. The van der Waals surface area contributed by atoms with Crippen molar-refractivity contribution in [1.29, 1.82) is 0 Å². The van der Waals surface area contributed by atoms with E-state index < -0.39 is 16.1 Å². The fraction of sp³-hybridized carbons (Fsp3) is 0.0909. The van der Waals surface area contributed by atoms with Gasteiger partial charge in [-0.2, -0.15) is 0 Å². The first-order valence-electron chi connectivity index (χ1n) is 9.66. The second kappa shape index (κ2) is 9.35. The first-order valence-corrected chi connectivity index (χ1v) is 12.0. The van der Waals surface area contributed by atoms with Crippen molar-refractivity contribution in [2.24, 2.45) is 0 Å². The Morgan fingerprint density at radius 3 is 2.39 bits per heavy atom. The van der Waals surface area contributed by atoms with Crippen LogP contribution in [0.2, 0.25) is 0 Å². The maximum absolute atomic E-state index is 12.6. The molecule has 0 aliphatic carbocycles. The number of urea groups is 1. The number of thiazole rings is 1. The van der Waals surface area contributed by atoms with Crippen molar-refractivity contribution >= 4 is 54.1 Å². The molecule has 0 unspecified atom stereocenters. The molecule has 11 heteroatoms. The van der Waals surface area contributed by atoms with Gasteiger partial charge in [-0.25, -0.2) is 18.2 Å². The van der Waals surface area contributed by atoms with Gasteiger partial charge in [0.25, 0.3) is 10.0 Å². The van der Waals surface area contributed by atoms with Crippen LogP contribution in [0, 0.1) is 0 Å². The maximum atomic E-state index is 12.6. The lowest BCUT2D eigenvalue weighted by Crippen LogP contribution is -2.19. The molecular weight excluding hydrogens is 464 g/mol. The molecule has 0 bridgehead atoms. The number of carbonyl (C=O) groups excluding carboxylic acids is 1. The quantitative estimate of drug-likeness (QED) is 0.348. The van der Waals surface area contributed by atoms with Crippen LogP contribution in [0.15, 0.2) is 71.6 Å². The molecule has 0 saturated heterocycles. The molecule has 4 rings (SSSR count). The minimum Gasteiger partial charge on any atom is -0.497 e. The van der Waals surface area contributed by atoms with Gasteiger partial charge in [0.1, 0.15) is 17.0 Å². The molecule has 0 aliphatic rings. The van der Waals surface area contributed by atoms with Crippen LogP contribution in [0.1, 0.15) is 0 Å². The second-order valence-corrected chi connectivity index (χ2v) is 9.49. The van der Waals surface area contributed by atoms with E-state index >= 15 is 0 Å². The van der Waals surface area contributed by atoms with Crippen molar-refractivity contribution in [3.05, 3.63) is 66.7 Å². The molecule has 0 fully saturated rings. The first kappa shape index (κ1) is 22.4. The highest BCUT2D eigenvalue weighted by Crippen LogP contribution is 2.36. The predicted molar refractivity (Wildman–Crippen MR) is 129 cm³/mol. The van der Waals surface area contributed by atoms with Crippen molar-refractivity contribution in [3.8, 4) is 11.5 Å². The van der Waals surface area contributed by atoms with E-state index in [1.807, 2.05) is 0 Å². The number of benzene rings is 3. The SMILES string of the molecule is COc1cccc(NC(=O)Nc2cc(OC)c3nc(NS(=O)(=O)c4ccccc4)sc3c2)c1. The molecule has 3 N–H and O–H groups in total. The predicted octanol–water partition coefficient (Wildman–Crippen LogP) is 4.76. The summed E-state index contributed by atoms with van der Waals surface area (Å²) in [6.45, 7) is 0. The largest absolute Gasteiger partial charge is 0.497 e. The summed E-state index contributed by atoms with van der Waals surface area (Å²) in [5, 5.41) is 5.66. The molecule has 1 heterocycles. The summed E-state index contributed by atoms with van der Waals surface area (Å²) in [5.41, 5.74) is 1.50. The Labute approximate surface area is 194 Å². The molecule has 33 heavy (non-hydrogen) atoms. The van der Waals surface area contributed by atoms with E-state index in [1.165, 1.54) is 19.2 Å². The normalized spacial score (nSPS) is 11.1. The summed E-state index contributed by atoms with van der Waals surface area (Å²) in [6.07, 6.45) is 0. The molecule has 0 spiro atoms. The van der Waals surface area contributed by atoms with E-state index in [1.54, 1.807) is 61.7 Å². The van der Waals surface area contributed by atoms with Gasteiger partial charge in [-0.1, -0.05) is 35.6 Å². The molecule has 0 aliphatic heterocycles. The maximum Gasteiger partial charge on any atom is 0.323 e. The Hall–Kier alpha value is -3.83. The Kier molecular flexibility index (Phi) is 6.33. The van der Waals surface area contributed by atoms with Crippen molar-refractivity contribution in [1.82, 2.24) is 4.98 Å². The molecule has 0 atom stereocenters. The fourth-order valence-corrected chi connectivity index (χ4v) is 5.22. The highest BCUT2D eigenvalue weighted by Gasteiger charge is 2.18. The number of amides is 2. The number of ether oxygens (including phenoxy) is 2. The molecule has 3 aromatic carbocycles. The highest BCUT2D eigenvalue weighted by molar-refractivity contribution is 7.93. The van der Waals surface area contributed by atoms with Gasteiger partial charge in [0.2, 0.25) is 0 Å². The molecule has 0 radical (unpaired) electrons.